The number of aliphatic hydroxyl groups is 1. The highest BCUT2D eigenvalue weighted by Crippen LogP contribution is 2.50. The van der Waals surface area contributed by atoms with Gasteiger partial charge in [0.25, 0.3) is 0 Å². The first kappa shape index (κ1) is 11.4. The van der Waals surface area contributed by atoms with Crippen molar-refractivity contribution in [2.45, 2.75) is 38.7 Å². The molecule has 0 aliphatic heterocycles. The zero-order valence-corrected chi connectivity index (χ0v) is 9.66. The van der Waals surface area contributed by atoms with Crippen molar-refractivity contribution in [3.05, 3.63) is 24.0 Å². The molecule has 16 heavy (non-hydrogen) atoms. The summed E-state index contributed by atoms with van der Waals surface area (Å²) in [5.41, 5.74) is 0.767. The number of ether oxygens (including phenoxy) is 1. The predicted molar refractivity (Wildman–Crippen MR) is 60.8 cm³/mol. The van der Waals surface area contributed by atoms with E-state index in [2.05, 4.69) is 6.58 Å². The third kappa shape index (κ3) is 1.59. The minimum atomic E-state index is -0.335. The molecule has 1 fully saturated rings. The Morgan fingerprint density at radius 2 is 2.38 bits per heavy atom. The fourth-order valence-electron chi connectivity index (χ4n) is 2.74. The second-order valence-electron chi connectivity index (χ2n) is 4.80. The molecule has 1 N–H and O–H groups in total. The molecule has 0 spiro atoms. The number of carbonyl (C=O) groups is 1. The molecular formula is C13H18O3. The molecule has 88 valence electrons. The van der Waals surface area contributed by atoms with Gasteiger partial charge < -0.3 is 9.84 Å². The van der Waals surface area contributed by atoms with Gasteiger partial charge in [-0.25, -0.2) is 0 Å². The maximum Gasteiger partial charge on any atom is 0.197 e. The maximum absolute atomic E-state index is 11.8. The van der Waals surface area contributed by atoms with E-state index >= 15 is 0 Å². The molecule has 2 rings (SSSR count). The summed E-state index contributed by atoms with van der Waals surface area (Å²) < 4.78 is 5.47. The van der Waals surface area contributed by atoms with Crippen LogP contribution >= 0.6 is 0 Å². The zero-order valence-electron chi connectivity index (χ0n) is 9.66. The number of rotatable bonds is 3. The number of ketones is 1. The summed E-state index contributed by atoms with van der Waals surface area (Å²) in [6.07, 6.45) is 4.03. The van der Waals surface area contributed by atoms with Crippen LogP contribution in [0.4, 0.5) is 0 Å². The lowest BCUT2D eigenvalue weighted by Crippen LogP contribution is -2.34. The van der Waals surface area contributed by atoms with Crippen molar-refractivity contribution in [2.75, 3.05) is 6.61 Å². The van der Waals surface area contributed by atoms with Crippen LogP contribution in [0.15, 0.2) is 24.0 Å². The first-order valence-corrected chi connectivity index (χ1v) is 5.78. The first-order valence-electron chi connectivity index (χ1n) is 5.78. The molecule has 0 aromatic carbocycles. The molecule has 0 heterocycles. The standard InChI is InChI=1S/C13H18O3/c1-3-8-16-12-9-4-5-11(15)13(9,2)7-6-10(12)14/h3,11,15H,1,4-8H2,2H3/t11-,13+/m0/s1. The highest BCUT2D eigenvalue weighted by Gasteiger charge is 2.47. The van der Waals surface area contributed by atoms with Crippen LogP contribution in [0, 0.1) is 5.41 Å². The van der Waals surface area contributed by atoms with Crippen molar-refractivity contribution in [3.8, 4) is 0 Å². The maximum atomic E-state index is 11.8. The Labute approximate surface area is 95.8 Å². The summed E-state index contributed by atoms with van der Waals surface area (Å²) in [4.78, 5) is 11.8. The first-order chi connectivity index (χ1) is 7.59. The quantitative estimate of drug-likeness (QED) is 0.742. The van der Waals surface area contributed by atoms with E-state index in [4.69, 9.17) is 4.74 Å². The number of Topliss-reactive ketones (excluding diaryl/α,β-unsaturated/α-hetero) is 1. The highest BCUT2D eigenvalue weighted by molar-refractivity contribution is 5.95. The van der Waals surface area contributed by atoms with Crippen molar-refractivity contribution in [2.24, 2.45) is 5.41 Å². The molecule has 3 heteroatoms. The minimum Gasteiger partial charge on any atom is -0.486 e. The topological polar surface area (TPSA) is 46.5 Å². The average molecular weight is 222 g/mol. The van der Waals surface area contributed by atoms with Crippen molar-refractivity contribution in [1.82, 2.24) is 0 Å². The Morgan fingerprint density at radius 3 is 3.06 bits per heavy atom. The lowest BCUT2D eigenvalue weighted by Gasteiger charge is -2.34. The van der Waals surface area contributed by atoms with Gasteiger partial charge in [0.15, 0.2) is 11.5 Å². The van der Waals surface area contributed by atoms with Crippen LogP contribution in [-0.4, -0.2) is 23.6 Å². The van der Waals surface area contributed by atoms with E-state index in [-0.39, 0.29) is 17.3 Å². The van der Waals surface area contributed by atoms with Gasteiger partial charge >= 0.3 is 0 Å². The molecule has 2 atom stereocenters. The molecule has 0 radical (unpaired) electrons. The number of aliphatic hydroxyl groups excluding tert-OH is 1. The summed E-state index contributed by atoms with van der Waals surface area (Å²) in [6.45, 7) is 5.97. The number of carbonyl (C=O) groups excluding carboxylic acids is 1. The third-order valence-corrected chi connectivity index (χ3v) is 3.84. The summed E-state index contributed by atoms with van der Waals surface area (Å²) in [7, 11) is 0. The molecule has 2 aliphatic carbocycles. The van der Waals surface area contributed by atoms with E-state index < -0.39 is 0 Å². The van der Waals surface area contributed by atoms with Crippen LogP contribution in [0.5, 0.6) is 0 Å². The lowest BCUT2D eigenvalue weighted by molar-refractivity contribution is -0.120. The molecule has 3 nitrogen and oxygen atoms in total. The largest absolute Gasteiger partial charge is 0.486 e. The van der Waals surface area contributed by atoms with E-state index in [0.717, 1.165) is 24.8 Å². The van der Waals surface area contributed by atoms with Crippen LogP contribution in [0.1, 0.15) is 32.6 Å². The van der Waals surface area contributed by atoms with Gasteiger partial charge in [-0.1, -0.05) is 19.6 Å². The normalized spacial score (nSPS) is 33.9. The molecule has 0 aromatic rings. The van der Waals surface area contributed by atoms with E-state index in [1.54, 1.807) is 6.08 Å². The Balaban J connectivity index is 2.35. The van der Waals surface area contributed by atoms with Crippen LogP contribution < -0.4 is 0 Å². The number of hydrogen-bond acceptors (Lipinski definition) is 3. The number of fused-ring (bicyclic) bond motifs is 1. The number of hydrogen-bond donors (Lipinski definition) is 1. The molecular weight excluding hydrogens is 204 g/mol. The van der Waals surface area contributed by atoms with E-state index in [1.807, 2.05) is 6.92 Å². The monoisotopic (exact) mass is 222 g/mol. The fourth-order valence-corrected chi connectivity index (χ4v) is 2.74. The van der Waals surface area contributed by atoms with Gasteiger partial charge in [0, 0.05) is 11.8 Å². The number of allylic oxidation sites excluding steroid dienone is 1. The summed E-state index contributed by atoms with van der Waals surface area (Å²) in [5, 5.41) is 9.99. The Hall–Kier alpha value is -1.09. The molecule has 0 saturated heterocycles. The molecule has 0 bridgehead atoms. The fraction of sp³-hybridized carbons (Fsp3) is 0.615. The average Bonchev–Trinajstić information content (AvgIpc) is 2.56. The Kier molecular flexibility index (Phi) is 2.89. The Morgan fingerprint density at radius 1 is 1.62 bits per heavy atom. The van der Waals surface area contributed by atoms with Gasteiger partial charge in [0.1, 0.15) is 6.61 Å². The molecule has 0 unspecified atom stereocenters. The van der Waals surface area contributed by atoms with E-state index in [1.165, 1.54) is 0 Å². The van der Waals surface area contributed by atoms with Crippen LogP contribution in [0.25, 0.3) is 0 Å². The summed E-state index contributed by atoms with van der Waals surface area (Å²) in [5.74, 6) is 0.564. The van der Waals surface area contributed by atoms with Crippen LogP contribution in [0.3, 0.4) is 0 Å². The minimum absolute atomic E-state index is 0.0726. The lowest BCUT2D eigenvalue weighted by atomic mass is 9.73. The van der Waals surface area contributed by atoms with Crippen molar-refractivity contribution >= 4 is 5.78 Å². The highest BCUT2D eigenvalue weighted by atomic mass is 16.5. The van der Waals surface area contributed by atoms with Crippen molar-refractivity contribution in [1.29, 1.82) is 0 Å². The Bertz CT molecular complexity index is 356. The smallest absolute Gasteiger partial charge is 0.197 e. The van der Waals surface area contributed by atoms with E-state index in [0.29, 0.717) is 18.8 Å². The van der Waals surface area contributed by atoms with Gasteiger partial charge in [0.2, 0.25) is 0 Å². The van der Waals surface area contributed by atoms with Gasteiger partial charge in [-0.2, -0.15) is 0 Å². The summed E-state index contributed by atoms with van der Waals surface area (Å²) in [6, 6.07) is 0. The second kappa shape index (κ2) is 4.06. The second-order valence-corrected chi connectivity index (χ2v) is 4.80. The summed E-state index contributed by atoms with van der Waals surface area (Å²) >= 11 is 0. The van der Waals surface area contributed by atoms with Crippen LogP contribution in [0.2, 0.25) is 0 Å². The predicted octanol–water partition coefficient (Wildman–Crippen LogP) is 1.97. The molecule has 1 saturated carbocycles. The third-order valence-electron chi connectivity index (χ3n) is 3.84. The van der Waals surface area contributed by atoms with Gasteiger partial charge in [-0.15, -0.1) is 0 Å². The molecule has 2 aliphatic rings. The molecule has 0 amide bonds. The van der Waals surface area contributed by atoms with Crippen molar-refractivity contribution in [3.63, 3.8) is 0 Å². The zero-order chi connectivity index (χ0) is 11.8. The van der Waals surface area contributed by atoms with E-state index in [9.17, 15) is 9.90 Å². The SMILES string of the molecule is C=CCOC1=C2CC[C@H](O)[C@]2(C)CCC1=O. The molecule has 0 aromatic heterocycles. The van der Waals surface area contributed by atoms with Gasteiger partial charge in [-0.3, -0.25) is 4.79 Å². The van der Waals surface area contributed by atoms with Gasteiger partial charge in [0.05, 0.1) is 6.10 Å². The van der Waals surface area contributed by atoms with Gasteiger partial charge in [-0.05, 0) is 24.8 Å². The van der Waals surface area contributed by atoms with Crippen molar-refractivity contribution < 1.29 is 14.6 Å². The van der Waals surface area contributed by atoms with Crippen LogP contribution in [-0.2, 0) is 9.53 Å².